The third-order valence-electron chi connectivity index (χ3n) is 5.76. The van der Waals surface area contributed by atoms with Crippen LogP contribution >= 0.6 is 11.6 Å². The summed E-state index contributed by atoms with van der Waals surface area (Å²) in [6, 6.07) is 16.3. The van der Waals surface area contributed by atoms with Gasteiger partial charge in [0.25, 0.3) is 0 Å². The number of hydrogen-bond acceptors (Lipinski definition) is 7. The Hall–Kier alpha value is -3.40. The van der Waals surface area contributed by atoms with Crippen molar-refractivity contribution in [3.8, 4) is 17.0 Å². The number of nitrogen functional groups attached to an aromatic ring is 1. The number of nitrogens with zero attached hydrogens (tertiary/aromatic N) is 4. The first-order valence-electron chi connectivity index (χ1n) is 12.2. The van der Waals surface area contributed by atoms with Gasteiger partial charge in [0.15, 0.2) is 0 Å². The summed E-state index contributed by atoms with van der Waals surface area (Å²) in [6.45, 7) is 9.98. The number of nitrogens with two attached hydrogens (primary N) is 1. The van der Waals surface area contributed by atoms with E-state index in [0.717, 1.165) is 28.7 Å². The summed E-state index contributed by atoms with van der Waals surface area (Å²) < 4.78 is 14.0. The van der Waals surface area contributed by atoms with Gasteiger partial charge >= 0.3 is 0 Å². The van der Waals surface area contributed by atoms with Gasteiger partial charge in [-0.05, 0) is 42.8 Å². The van der Waals surface area contributed by atoms with Gasteiger partial charge < -0.3 is 20.5 Å². The lowest BCUT2D eigenvalue weighted by molar-refractivity contribution is 0.0803. The van der Waals surface area contributed by atoms with Crippen molar-refractivity contribution in [2.24, 2.45) is 0 Å². The van der Waals surface area contributed by atoms with Crippen LogP contribution in [0.5, 0.6) is 5.75 Å². The molecule has 4 aromatic rings. The number of nitrogens with one attached hydrogen (secondary N) is 1. The van der Waals surface area contributed by atoms with Crippen LogP contribution in [0.3, 0.4) is 0 Å². The van der Waals surface area contributed by atoms with Crippen LogP contribution in [0.15, 0.2) is 67.1 Å². The number of hydrogen-bond donors (Lipinski definition) is 2. The molecule has 10 heteroatoms. The number of benzene rings is 2. The van der Waals surface area contributed by atoms with Crippen LogP contribution in [0.25, 0.3) is 11.3 Å². The highest BCUT2D eigenvalue weighted by atomic mass is 35.5. The minimum Gasteiger partial charge on any atom is -0.484 e. The molecular formula is C27H33ClN6O2Si. The molecule has 0 unspecified atom stereocenters. The molecule has 8 nitrogen and oxygen atoms in total. The van der Waals surface area contributed by atoms with Crippen molar-refractivity contribution in [3.63, 3.8) is 0 Å². The summed E-state index contributed by atoms with van der Waals surface area (Å²) >= 11 is 6.03. The van der Waals surface area contributed by atoms with E-state index >= 15 is 0 Å². The lowest BCUT2D eigenvalue weighted by Gasteiger charge is -2.17. The summed E-state index contributed by atoms with van der Waals surface area (Å²) in [5, 5.41) is 8.79. The topological polar surface area (TPSA) is 100 Å². The fourth-order valence-corrected chi connectivity index (χ4v) is 4.45. The highest BCUT2D eigenvalue weighted by Gasteiger charge is 2.16. The third-order valence-corrected chi connectivity index (χ3v) is 7.72. The molecule has 0 saturated heterocycles. The van der Waals surface area contributed by atoms with Crippen molar-refractivity contribution in [1.82, 2.24) is 19.7 Å². The summed E-state index contributed by atoms with van der Waals surface area (Å²) in [7, 11) is -1.19. The van der Waals surface area contributed by atoms with Gasteiger partial charge in [0.2, 0.25) is 0 Å². The van der Waals surface area contributed by atoms with E-state index in [4.69, 9.17) is 31.9 Å². The van der Waals surface area contributed by atoms with Crippen LogP contribution in [-0.2, 0) is 11.5 Å². The Morgan fingerprint density at radius 1 is 1.08 bits per heavy atom. The normalized spacial score (nSPS) is 12.4. The average molecular weight is 537 g/mol. The molecule has 4 rings (SSSR count). The quantitative estimate of drug-likeness (QED) is 0.124. The molecule has 1 atom stereocenters. The maximum atomic E-state index is 6.26. The summed E-state index contributed by atoms with van der Waals surface area (Å²) in [4.78, 5) is 8.46. The van der Waals surface area contributed by atoms with E-state index in [1.807, 2.05) is 55.5 Å². The Kier molecular flexibility index (Phi) is 8.47. The molecule has 0 aliphatic heterocycles. The molecule has 0 aliphatic rings. The van der Waals surface area contributed by atoms with Gasteiger partial charge in [-0.15, -0.1) is 0 Å². The first-order valence-corrected chi connectivity index (χ1v) is 16.3. The van der Waals surface area contributed by atoms with E-state index in [0.29, 0.717) is 35.6 Å². The van der Waals surface area contributed by atoms with E-state index in [2.05, 4.69) is 34.9 Å². The Morgan fingerprint density at radius 2 is 1.86 bits per heavy atom. The number of rotatable bonds is 11. The van der Waals surface area contributed by atoms with Gasteiger partial charge in [-0.1, -0.05) is 49.4 Å². The standard InChI is InChI=1S/C27H33ClN6O2Si/c1-19(20-5-8-22(28)9-6-20)36-25-15-21(7-10-23(25)29)24-16-27(32-26-17-30-11-12-31-26)34(33-24)18-35-13-14-37(2,3)4/h5-12,15-17,19H,13-14,18,29H2,1-4H3,(H,31,32)/t19-/m0/s1. The van der Waals surface area contributed by atoms with Crippen molar-refractivity contribution in [2.75, 3.05) is 17.7 Å². The predicted molar refractivity (Wildman–Crippen MR) is 152 cm³/mol. The minimum atomic E-state index is -1.19. The first-order chi connectivity index (χ1) is 17.7. The molecule has 2 aromatic heterocycles. The second-order valence-corrected chi connectivity index (χ2v) is 16.1. The Morgan fingerprint density at radius 3 is 2.57 bits per heavy atom. The van der Waals surface area contributed by atoms with Crippen LogP contribution in [-0.4, -0.2) is 34.4 Å². The van der Waals surface area contributed by atoms with Gasteiger partial charge in [0, 0.05) is 43.7 Å². The molecule has 0 aliphatic carbocycles. The van der Waals surface area contributed by atoms with Crippen molar-refractivity contribution < 1.29 is 9.47 Å². The zero-order valence-electron chi connectivity index (χ0n) is 21.6. The molecule has 2 heterocycles. The van der Waals surface area contributed by atoms with Crippen molar-refractivity contribution in [3.05, 3.63) is 77.7 Å². The van der Waals surface area contributed by atoms with Gasteiger partial charge in [0.1, 0.15) is 30.2 Å². The number of halogens is 1. The smallest absolute Gasteiger partial charge is 0.150 e. The van der Waals surface area contributed by atoms with Crippen molar-refractivity contribution in [2.45, 2.75) is 45.4 Å². The molecule has 0 saturated carbocycles. The van der Waals surface area contributed by atoms with Gasteiger partial charge in [-0.2, -0.15) is 5.10 Å². The summed E-state index contributed by atoms with van der Waals surface area (Å²) in [6.07, 6.45) is 4.73. The fraction of sp³-hybridized carbons (Fsp3) is 0.296. The van der Waals surface area contributed by atoms with E-state index < -0.39 is 8.07 Å². The first kappa shape index (κ1) is 26.7. The molecule has 0 spiro atoms. The zero-order chi connectivity index (χ0) is 26.4. The van der Waals surface area contributed by atoms with Gasteiger partial charge in [-0.3, -0.25) is 4.98 Å². The fourth-order valence-electron chi connectivity index (χ4n) is 3.57. The molecular weight excluding hydrogens is 504 g/mol. The molecule has 37 heavy (non-hydrogen) atoms. The van der Waals surface area contributed by atoms with E-state index in [1.165, 1.54) is 0 Å². The van der Waals surface area contributed by atoms with E-state index in [-0.39, 0.29) is 6.10 Å². The van der Waals surface area contributed by atoms with E-state index in [9.17, 15) is 0 Å². The Labute approximate surface area is 223 Å². The molecule has 3 N–H and O–H groups in total. The molecule has 0 amide bonds. The number of ether oxygens (including phenoxy) is 2. The predicted octanol–water partition coefficient (Wildman–Crippen LogP) is 6.77. The van der Waals surface area contributed by atoms with Gasteiger partial charge in [0.05, 0.1) is 17.6 Å². The van der Waals surface area contributed by atoms with Crippen LogP contribution in [0.2, 0.25) is 30.7 Å². The maximum Gasteiger partial charge on any atom is 0.150 e. The molecule has 0 radical (unpaired) electrons. The van der Waals surface area contributed by atoms with Crippen LogP contribution in [0.1, 0.15) is 18.6 Å². The maximum absolute atomic E-state index is 6.26. The largest absolute Gasteiger partial charge is 0.484 e. The number of anilines is 3. The highest BCUT2D eigenvalue weighted by molar-refractivity contribution is 6.76. The minimum absolute atomic E-state index is 0.207. The molecule has 0 bridgehead atoms. The zero-order valence-corrected chi connectivity index (χ0v) is 23.4. The number of aromatic nitrogens is 4. The molecule has 194 valence electrons. The SMILES string of the molecule is C[C@H](Oc1cc(-c2cc(Nc3cnccn3)n(COCC[Si](C)(C)C)n2)ccc1N)c1ccc(Cl)cc1. The highest BCUT2D eigenvalue weighted by Crippen LogP contribution is 2.33. The third kappa shape index (κ3) is 7.54. The van der Waals surface area contributed by atoms with Crippen molar-refractivity contribution in [1.29, 1.82) is 0 Å². The summed E-state index contributed by atoms with van der Waals surface area (Å²) in [5.41, 5.74) is 9.44. The Balaban J connectivity index is 1.57. The van der Waals surface area contributed by atoms with E-state index in [1.54, 1.807) is 23.3 Å². The second-order valence-electron chi connectivity index (χ2n) is 10.0. The lowest BCUT2D eigenvalue weighted by atomic mass is 10.1. The second kappa shape index (κ2) is 11.8. The summed E-state index contributed by atoms with van der Waals surface area (Å²) in [5.74, 6) is 1.96. The van der Waals surface area contributed by atoms with Crippen LogP contribution in [0, 0.1) is 0 Å². The average Bonchev–Trinajstić information content (AvgIpc) is 3.26. The van der Waals surface area contributed by atoms with Crippen LogP contribution in [0.4, 0.5) is 17.3 Å². The van der Waals surface area contributed by atoms with Crippen LogP contribution < -0.4 is 15.8 Å². The molecule has 2 aromatic carbocycles. The monoisotopic (exact) mass is 536 g/mol. The van der Waals surface area contributed by atoms with Crippen molar-refractivity contribution >= 4 is 37.0 Å². The Bertz CT molecular complexity index is 1310. The molecule has 0 fully saturated rings. The van der Waals surface area contributed by atoms with Gasteiger partial charge in [-0.25, -0.2) is 9.67 Å². The lowest BCUT2D eigenvalue weighted by Crippen LogP contribution is -2.22.